The molecule has 3 rings (SSSR count). The number of methoxy groups -OCH3 is 2. The van der Waals surface area contributed by atoms with Crippen molar-refractivity contribution in [3.05, 3.63) is 65.0 Å². The van der Waals surface area contributed by atoms with E-state index in [4.69, 9.17) is 9.47 Å². The quantitative estimate of drug-likeness (QED) is 0.384. The Morgan fingerprint density at radius 2 is 1.72 bits per heavy atom. The van der Waals surface area contributed by atoms with E-state index in [-0.39, 0.29) is 16.9 Å². The number of likely N-dealkylation sites (tertiary alicyclic amines) is 1. The van der Waals surface area contributed by atoms with Crippen LogP contribution < -0.4 is 9.47 Å². The third-order valence-electron chi connectivity index (χ3n) is 5.39. The van der Waals surface area contributed by atoms with Crippen LogP contribution in [0.4, 0.5) is 4.39 Å². The molecule has 2 aromatic carbocycles. The van der Waals surface area contributed by atoms with Gasteiger partial charge in [-0.1, -0.05) is 6.07 Å². The molecule has 1 aliphatic heterocycles. The molecule has 1 saturated heterocycles. The maximum atomic E-state index is 13.4. The topological polar surface area (TPSA) is 79.3 Å². The summed E-state index contributed by atoms with van der Waals surface area (Å²) >= 11 is 0. The number of ether oxygens (including phenoxy) is 2. The fourth-order valence-corrected chi connectivity index (χ4v) is 3.80. The predicted molar refractivity (Wildman–Crippen MR) is 118 cm³/mol. The van der Waals surface area contributed by atoms with Crippen molar-refractivity contribution in [3.8, 4) is 11.5 Å². The normalized spacial score (nSPS) is 17.8. The van der Waals surface area contributed by atoms with E-state index in [0.29, 0.717) is 30.0 Å². The number of halogens is 1. The van der Waals surface area contributed by atoms with Gasteiger partial charge in [0.15, 0.2) is 11.5 Å². The van der Waals surface area contributed by atoms with E-state index < -0.39 is 23.5 Å². The minimum absolute atomic E-state index is 0.0429. The average Bonchev–Trinajstić information content (AvgIpc) is 3.03. The second-order valence-corrected chi connectivity index (χ2v) is 7.77. The zero-order valence-electron chi connectivity index (χ0n) is 18.6. The summed E-state index contributed by atoms with van der Waals surface area (Å²) in [6.07, 6.45) is 0.639. The molecule has 170 valence electrons. The average molecular weight is 442 g/mol. The molecule has 0 aliphatic carbocycles. The molecule has 1 fully saturated rings. The second kappa shape index (κ2) is 9.82. The van der Waals surface area contributed by atoms with E-state index in [1.165, 1.54) is 43.4 Å². The highest BCUT2D eigenvalue weighted by Gasteiger charge is 2.46. The largest absolute Gasteiger partial charge is 0.507 e. The Morgan fingerprint density at radius 1 is 1.06 bits per heavy atom. The van der Waals surface area contributed by atoms with Crippen molar-refractivity contribution in [2.24, 2.45) is 0 Å². The molecule has 1 atom stereocenters. The molecule has 1 aliphatic rings. The van der Waals surface area contributed by atoms with Crippen LogP contribution in [0.1, 0.15) is 23.6 Å². The van der Waals surface area contributed by atoms with Crippen LogP contribution in [0.3, 0.4) is 0 Å². The van der Waals surface area contributed by atoms with E-state index in [1.54, 1.807) is 18.2 Å². The third kappa shape index (κ3) is 4.60. The summed E-state index contributed by atoms with van der Waals surface area (Å²) in [4.78, 5) is 29.4. The van der Waals surface area contributed by atoms with Crippen LogP contribution in [-0.2, 0) is 9.59 Å². The van der Waals surface area contributed by atoms with Crippen molar-refractivity contribution >= 4 is 17.4 Å². The van der Waals surface area contributed by atoms with Crippen molar-refractivity contribution in [1.82, 2.24) is 9.80 Å². The van der Waals surface area contributed by atoms with Gasteiger partial charge in [-0.3, -0.25) is 9.59 Å². The van der Waals surface area contributed by atoms with Gasteiger partial charge in [0.1, 0.15) is 11.6 Å². The summed E-state index contributed by atoms with van der Waals surface area (Å²) in [7, 11) is 6.86. The van der Waals surface area contributed by atoms with Gasteiger partial charge in [-0.15, -0.1) is 0 Å². The Kier molecular flexibility index (Phi) is 7.15. The summed E-state index contributed by atoms with van der Waals surface area (Å²) in [6, 6.07) is 9.40. The lowest BCUT2D eigenvalue weighted by Crippen LogP contribution is -2.32. The number of aliphatic hydroxyl groups is 1. The Hall–Kier alpha value is -3.39. The summed E-state index contributed by atoms with van der Waals surface area (Å²) in [5, 5.41) is 11.0. The van der Waals surface area contributed by atoms with Crippen molar-refractivity contribution in [1.29, 1.82) is 0 Å². The summed E-state index contributed by atoms with van der Waals surface area (Å²) in [5.74, 6) is -1.35. The number of carbonyl (C=O) groups is 2. The molecule has 1 heterocycles. The van der Waals surface area contributed by atoms with Crippen LogP contribution in [-0.4, -0.2) is 68.0 Å². The zero-order valence-corrected chi connectivity index (χ0v) is 18.6. The van der Waals surface area contributed by atoms with E-state index >= 15 is 0 Å². The summed E-state index contributed by atoms with van der Waals surface area (Å²) < 4.78 is 24.1. The molecule has 0 radical (unpaired) electrons. The Morgan fingerprint density at radius 3 is 2.31 bits per heavy atom. The number of amides is 1. The maximum Gasteiger partial charge on any atom is 0.295 e. The first-order valence-corrected chi connectivity index (χ1v) is 10.2. The number of hydrogen-bond donors (Lipinski definition) is 1. The van der Waals surface area contributed by atoms with Crippen LogP contribution in [0.25, 0.3) is 5.76 Å². The standard InChI is InChI=1S/C24H27FN2O5/c1-26(2)12-5-13-27-21(16-8-11-18(31-3)19(14-16)32-4)20(23(29)24(27)30)22(28)15-6-9-17(25)10-7-15/h6-11,14,21,28H,5,12-13H2,1-4H3/t21-/m0/s1. The van der Waals surface area contributed by atoms with Crippen molar-refractivity contribution in [2.45, 2.75) is 12.5 Å². The molecule has 2 aromatic rings. The molecule has 0 bridgehead atoms. The molecule has 7 nitrogen and oxygen atoms in total. The molecule has 0 unspecified atom stereocenters. The Bertz CT molecular complexity index is 1030. The van der Waals surface area contributed by atoms with Gasteiger partial charge >= 0.3 is 0 Å². The zero-order chi connectivity index (χ0) is 23.4. The highest BCUT2D eigenvalue weighted by atomic mass is 19.1. The van der Waals surface area contributed by atoms with Crippen molar-refractivity contribution < 1.29 is 28.6 Å². The molecule has 1 amide bonds. The first kappa shape index (κ1) is 23.3. The number of rotatable bonds is 8. The number of ketones is 1. The fourth-order valence-electron chi connectivity index (χ4n) is 3.80. The number of carbonyl (C=O) groups excluding carboxylic acids is 2. The molecule has 0 saturated carbocycles. The molecule has 1 N–H and O–H groups in total. The molecule has 32 heavy (non-hydrogen) atoms. The van der Waals surface area contributed by atoms with Crippen LogP contribution in [0.15, 0.2) is 48.0 Å². The van der Waals surface area contributed by atoms with Crippen molar-refractivity contribution in [2.75, 3.05) is 41.4 Å². The van der Waals surface area contributed by atoms with Gasteiger partial charge in [-0.05, 0) is 69.0 Å². The molecule has 8 heteroatoms. The fraction of sp³-hybridized carbons (Fsp3) is 0.333. The maximum absolute atomic E-state index is 13.4. The van der Waals surface area contributed by atoms with Gasteiger partial charge in [-0.2, -0.15) is 0 Å². The van der Waals surface area contributed by atoms with E-state index in [2.05, 4.69) is 0 Å². The molecular weight excluding hydrogens is 415 g/mol. The Balaban J connectivity index is 2.13. The number of nitrogens with zero attached hydrogens (tertiary/aromatic N) is 2. The van der Waals surface area contributed by atoms with Crippen LogP contribution >= 0.6 is 0 Å². The first-order valence-electron chi connectivity index (χ1n) is 10.2. The smallest absolute Gasteiger partial charge is 0.295 e. The third-order valence-corrected chi connectivity index (χ3v) is 5.39. The van der Waals surface area contributed by atoms with Gasteiger partial charge in [0.2, 0.25) is 0 Å². The minimum atomic E-state index is -0.818. The van der Waals surface area contributed by atoms with Gasteiger partial charge in [0, 0.05) is 12.1 Å². The second-order valence-electron chi connectivity index (χ2n) is 7.77. The van der Waals surface area contributed by atoms with Gasteiger partial charge in [0.05, 0.1) is 25.8 Å². The number of hydrogen-bond acceptors (Lipinski definition) is 6. The number of benzene rings is 2. The van der Waals surface area contributed by atoms with Gasteiger partial charge < -0.3 is 24.4 Å². The number of Topliss-reactive ketones (excluding diaryl/α,β-unsaturated/α-hetero) is 1. The van der Waals surface area contributed by atoms with E-state index in [1.807, 2.05) is 19.0 Å². The van der Waals surface area contributed by atoms with Gasteiger partial charge in [-0.25, -0.2) is 4.39 Å². The highest BCUT2D eigenvalue weighted by Crippen LogP contribution is 2.42. The van der Waals surface area contributed by atoms with Crippen LogP contribution in [0.5, 0.6) is 11.5 Å². The van der Waals surface area contributed by atoms with Gasteiger partial charge in [0.25, 0.3) is 11.7 Å². The van der Waals surface area contributed by atoms with Crippen molar-refractivity contribution in [3.63, 3.8) is 0 Å². The summed E-state index contributed by atoms with van der Waals surface area (Å²) in [5.41, 5.74) is 0.803. The van der Waals surface area contributed by atoms with E-state index in [9.17, 15) is 19.1 Å². The molecule has 0 spiro atoms. The summed E-state index contributed by atoms with van der Waals surface area (Å²) in [6.45, 7) is 1.04. The first-order chi connectivity index (χ1) is 15.3. The molecule has 0 aromatic heterocycles. The molecular formula is C24H27FN2O5. The van der Waals surface area contributed by atoms with Crippen LogP contribution in [0.2, 0.25) is 0 Å². The number of aliphatic hydroxyl groups excluding tert-OH is 1. The predicted octanol–water partition coefficient (Wildman–Crippen LogP) is 3.22. The lowest BCUT2D eigenvalue weighted by atomic mass is 9.95. The highest BCUT2D eigenvalue weighted by molar-refractivity contribution is 6.46. The monoisotopic (exact) mass is 442 g/mol. The lowest BCUT2D eigenvalue weighted by molar-refractivity contribution is -0.139. The Labute approximate surface area is 186 Å². The van der Waals surface area contributed by atoms with Crippen LogP contribution in [0, 0.1) is 5.82 Å². The van der Waals surface area contributed by atoms with E-state index in [0.717, 1.165) is 6.54 Å². The SMILES string of the molecule is COc1ccc([C@H]2C(=C(O)c3ccc(F)cc3)C(=O)C(=O)N2CCCN(C)C)cc1OC. The lowest BCUT2D eigenvalue weighted by Gasteiger charge is -2.26. The minimum Gasteiger partial charge on any atom is -0.507 e.